The van der Waals surface area contributed by atoms with Crippen LogP contribution in [0, 0.1) is 0 Å². The number of halogens is 2. The first kappa shape index (κ1) is 21.6. The molecule has 1 heterocycles. The first-order valence-electron chi connectivity index (χ1n) is 9.76. The average molecular weight is 455 g/mol. The van der Waals surface area contributed by atoms with Crippen molar-refractivity contribution in [1.29, 1.82) is 0 Å². The van der Waals surface area contributed by atoms with Crippen LogP contribution in [0.4, 0.5) is 8.78 Å². The second kappa shape index (κ2) is 8.88. The summed E-state index contributed by atoms with van der Waals surface area (Å²) in [6, 6.07) is 21.0. The van der Waals surface area contributed by atoms with Crippen LogP contribution in [0.2, 0.25) is 0 Å². The highest BCUT2D eigenvalue weighted by Gasteiger charge is 2.27. The summed E-state index contributed by atoms with van der Waals surface area (Å²) >= 11 is 0. The van der Waals surface area contributed by atoms with Gasteiger partial charge in [0.05, 0.1) is 22.0 Å². The fourth-order valence-electron chi connectivity index (χ4n) is 3.34. The van der Waals surface area contributed by atoms with E-state index in [0.717, 1.165) is 28.7 Å². The second-order valence-corrected chi connectivity index (χ2v) is 9.10. The maximum absolute atomic E-state index is 12.9. The molecule has 0 radical (unpaired) electrons. The lowest BCUT2D eigenvalue weighted by Crippen LogP contribution is -2.30. The molecule has 0 saturated heterocycles. The maximum Gasteiger partial charge on any atom is 0.341 e. The molecule has 1 aromatic heterocycles. The predicted octanol–water partition coefficient (Wildman–Crippen LogP) is 4.27. The fraction of sp³-hybridized carbons (Fsp3) is 0.130. The highest BCUT2D eigenvalue weighted by Crippen LogP contribution is 2.22. The van der Waals surface area contributed by atoms with Crippen LogP contribution in [0.25, 0.3) is 11.0 Å². The Kier molecular flexibility index (Phi) is 6.00. The van der Waals surface area contributed by atoms with E-state index in [-0.39, 0.29) is 5.56 Å². The molecule has 0 aliphatic carbocycles. The molecule has 1 atom stereocenters. The molecule has 4 aromatic rings. The van der Waals surface area contributed by atoms with Gasteiger partial charge in [0, 0.05) is 5.56 Å². The molecule has 0 saturated carbocycles. The largest absolute Gasteiger partial charge is 0.342 e. The van der Waals surface area contributed by atoms with Crippen molar-refractivity contribution in [2.45, 2.75) is 23.1 Å². The van der Waals surface area contributed by atoms with Crippen molar-refractivity contribution in [3.63, 3.8) is 0 Å². The van der Waals surface area contributed by atoms with Crippen molar-refractivity contribution in [3.05, 3.63) is 95.8 Å². The van der Waals surface area contributed by atoms with Crippen molar-refractivity contribution in [3.8, 4) is 0 Å². The van der Waals surface area contributed by atoms with Gasteiger partial charge >= 0.3 is 5.76 Å². The summed E-state index contributed by atoms with van der Waals surface area (Å²) in [4.78, 5) is 20.2. The maximum atomic E-state index is 12.9. The third-order valence-electron chi connectivity index (χ3n) is 5.01. The number of hydrogen-bond donors (Lipinski definition) is 2. The van der Waals surface area contributed by atoms with Crippen LogP contribution in [0.1, 0.15) is 27.8 Å². The lowest BCUT2D eigenvalue weighted by Gasteiger charge is -2.17. The monoisotopic (exact) mass is 455 g/mol. The van der Waals surface area contributed by atoms with Crippen LogP contribution in [0.3, 0.4) is 0 Å². The molecule has 0 aliphatic rings. The number of carbonyl (C=O) groups is 1. The Balaban J connectivity index is 1.61. The summed E-state index contributed by atoms with van der Waals surface area (Å²) < 4.78 is 48.7. The van der Waals surface area contributed by atoms with Crippen LogP contribution in [0.15, 0.2) is 83.8 Å². The minimum Gasteiger partial charge on any atom is -0.342 e. The predicted molar refractivity (Wildman–Crippen MR) is 116 cm³/mol. The molecule has 0 fully saturated rings. The molecule has 0 aliphatic heterocycles. The Labute approximate surface area is 183 Å². The third-order valence-corrected chi connectivity index (χ3v) is 6.40. The van der Waals surface area contributed by atoms with Crippen molar-refractivity contribution in [1.82, 2.24) is 15.3 Å². The molecule has 1 amide bonds. The Bertz CT molecular complexity index is 1300. The molecule has 164 valence electrons. The topological polar surface area (TPSA) is 91.9 Å². The normalized spacial score (nSPS) is 12.7. The van der Waals surface area contributed by atoms with Crippen LogP contribution in [-0.4, -0.2) is 30.1 Å². The van der Waals surface area contributed by atoms with Gasteiger partial charge in [-0.3, -0.25) is 4.79 Å². The quantitative estimate of drug-likeness (QED) is 0.435. The molecule has 6 nitrogen and oxygen atoms in total. The highest BCUT2D eigenvalue weighted by atomic mass is 32.2. The smallest absolute Gasteiger partial charge is 0.341 e. The van der Waals surface area contributed by atoms with E-state index in [0.29, 0.717) is 12.2 Å². The van der Waals surface area contributed by atoms with E-state index < -0.39 is 32.4 Å². The zero-order valence-electron chi connectivity index (χ0n) is 16.7. The number of sulfone groups is 1. The molecule has 9 heteroatoms. The zero-order valence-corrected chi connectivity index (χ0v) is 17.5. The van der Waals surface area contributed by atoms with Gasteiger partial charge in [0.1, 0.15) is 5.82 Å². The first-order valence-corrected chi connectivity index (χ1v) is 11.3. The minimum atomic E-state index is -4.72. The number of aromatic amines is 1. The number of fused-ring (bicyclic) bond motifs is 1. The molecule has 2 N–H and O–H groups in total. The van der Waals surface area contributed by atoms with Gasteiger partial charge in [-0.1, -0.05) is 42.5 Å². The van der Waals surface area contributed by atoms with E-state index in [9.17, 15) is 22.0 Å². The van der Waals surface area contributed by atoms with Gasteiger partial charge in [-0.15, -0.1) is 0 Å². The van der Waals surface area contributed by atoms with Crippen molar-refractivity contribution >= 4 is 26.8 Å². The van der Waals surface area contributed by atoms with E-state index >= 15 is 0 Å². The SMILES string of the molecule is O=C(N[C@@H](Cc1ccccc1)c1nc2ccccc2[nH]1)c1ccc(S(=O)(=O)C(F)F)cc1. The second-order valence-electron chi connectivity index (χ2n) is 7.19. The molecule has 0 spiro atoms. The zero-order chi connectivity index (χ0) is 22.7. The number of benzene rings is 3. The summed E-state index contributed by atoms with van der Waals surface area (Å²) in [5.41, 5.74) is 2.72. The first-order chi connectivity index (χ1) is 15.3. The molecule has 4 rings (SSSR count). The number of nitrogens with one attached hydrogen (secondary N) is 2. The summed E-state index contributed by atoms with van der Waals surface area (Å²) in [6.45, 7) is 0. The third kappa shape index (κ3) is 4.52. The molecule has 0 bridgehead atoms. The van der Waals surface area contributed by atoms with Crippen LogP contribution in [0.5, 0.6) is 0 Å². The summed E-state index contributed by atoms with van der Waals surface area (Å²) in [5, 5.41) is 2.91. The average Bonchev–Trinajstić information content (AvgIpc) is 3.23. The van der Waals surface area contributed by atoms with E-state index in [1.54, 1.807) is 0 Å². The summed E-state index contributed by atoms with van der Waals surface area (Å²) in [5.74, 6) is -3.43. The Hall–Kier alpha value is -3.59. The van der Waals surface area contributed by atoms with Gasteiger partial charge in [-0.05, 0) is 48.4 Å². The highest BCUT2D eigenvalue weighted by molar-refractivity contribution is 7.91. The number of para-hydroxylation sites is 2. The number of H-pyrrole nitrogens is 1. The Morgan fingerprint density at radius 1 is 0.938 bits per heavy atom. The van der Waals surface area contributed by atoms with Crippen molar-refractivity contribution in [2.24, 2.45) is 0 Å². The summed E-state index contributed by atoms with van der Waals surface area (Å²) in [7, 11) is -4.72. The fourth-order valence-corrected chi connectivity index (χ4v) is 4.07. The number of nitrogens with zero attached hydrogens (tertiary/aromatic N) is 1. The number of aromatic nitrogens is 2. The minimum absolute atomic E-state index is 0.146. The van der Waals surface area contributed by atoms with Crippen molar-refractivity contribution in [2.75, 3.05) is 0 Å². The Morgan fingerprint density at radius 2 is 1.59 bits per heavy atom. The van der Waals surface area contributed by atoms with Gasteiger partial charge in [-0.25, -0.2) is 13.4 Å². The van der Waals surface area contributed by atoms with Crippen LogP contribution >= 0.6 is 0 Å². The number of hydrogen-bond acceptors (Lipinski definition) is 4. The number of amides is 1. The Morgan fingerprint density at radius 3 is 2.25 bits per heavy atom. The van der Waals surface area contributed by atoms with E-state index in [1.807, 2.05) is 54.6 Å². The van der Waals surface area contributed by atoms with E-state index in [4.69, 9.17) is 0 Å². The lowest BCUT2D eigenvalue weighted by atomic mass is 10.0. The molecule has 0 unspecified atom stereocenters. The van der Waals surface area contributed by atoms with Gasteiger partial charge in [0.25, 0.3) is 5.91 Å². The molecule has 32 heavy (non-hydrogen) atoms. The van der Waals surface area contributed by atoms with Gasteiger partial charge < -0.3 is 10.3 Å². The van der Waals surface area contributed by atoms with Gasteiger partial charge in [0.15, 0.2) is 0 Å². The van der Waals surface area contributed by atoms with Crippen LogP contribution < -0.4 is 5.32 Å². The number of rotatable bonds is 7. The van der Waals surface area contributed by atoms with Gasteiger partial charge in [-0.2, -0.15) is 8.78 Å². The van der Waals surface area contributed by atoms with Crippen molar-refractivity contribution < 1.29 is 22.0 Å². The van der Waals surface area contributed by atoms with E-state index in [2.05, 4.69) is 15.3 Å². The molecular weight excluding hydrogens is 436 g/mol. The standard InChI is InChI=1S/C23H19F2N3O3S/c24-23(25)32(30,31)17-12-10-16(11-13-17)22(29)28-20(14-15-6-2-1-3-7-15)21-26-18-8-4-5-9-19(18)27-21/h1-13,20,23H,14H2,(H,26,27)(H,28,29)/t20-/m0/s1. The van der Waals surface area contributed by atoms with E-state index in [1.165, 1.54) is 12.1 Å². The van der Waals surface area contributed by atoms with Crippen LogP contribution in [-0.2, 0) is 16.3 Å². The van der Waals surface area contributed by atoms with Gasteiger partial charge in [0.2, 0.25) is 9.84 Å². The lowest BCUT2D eigenvalue weighted by molar-refractivity contribution is 0.0934. The summed E-state index contributed by atoms with van der Waals surface area (Å²) in [6.07, 6.45) is 0.463. The number of carbonyl (C=O) groups excluding carboxylic acids is 1. The number of alkyl halides is 2. The molecule has 3 aromatic carbocycles. The molecular formula is C23H19F2N3O3S. The number of imidazole rings is 1.